The maximum absolute atomic E-state index is 4.29. The van der Waals surface area contributed by atoms with Crippen LogP contribution in [0.5, 0.6) is 0 Å². The van der Waals surface area contributed by atoms with Crippen molar-refractivity contribution >= 4 is 27.7 Å². The first-order valence-corrected chi connectivity index (χ1v) is 6.80. The minimum atomic E-state index is 0.861. The summed E-state index contributed by atoms with van der Waals surface area (Å²) in [5, 5.41) is 0.861. The highest BCUT2D eigenvalue weighted by atomic mass is 79.9. The van der Waals surface area contributed by atoms with Crippen LogP contribution in [0, 0.1) is 5.92 Å². The second kappa shape index (κ2) is 4.51. The first-order valence-electron chi connectivity index (χ1n) is 4.53. The summed E-state index contributed by atoms with van der Waals surface area (Å²) in [6, 6.07) is 0. The Balaban J connectivity index is 1.92. The number of alkyl halides is 1. The fraction of sp³-hybridized carbons (Fsp3) is 0.667. The van der Waals surface area contributed by atoms with Crippen molar-refractivity contribution in [1.82, 2.24) is 9.55 Å². The van der Waals surface area contributed by atoms with Crippen molar-refractivity contribution in [3.8, 4) is 0 Å². The van der Waals surface area contributed by atoms with Crippen molar-refractivity contribution in [2.75, 3.05) is 11.5 Å². The number of hydrogen-bond acceptors (Lipinski definition) is 2. The summed E-state index contributed by atoms with van der Waals surface area (Å²) >= 11 is 5.47. The van der Waals surface area contributed by atoms with Gasteiger partial charge in [0.2, 0.25) is 0 Å². The van der Waals surface area contributed by atoms with Crippen molar-refractivity contribution < 1.29 is 0 Å². The first kappa shape index (κ1) is 9.59. The third-order valence-electron chi connectivity index (χ3n) is 2.32. The average molecular weight is 261 g/mol. The molecule has 1 atom stereocenters. The van der Waals surface area contributed by atoms with E-state index in [1.54, 1.807) is 0 Å². The van der Waals surface area contributed by atoms with Crippen molar-refractivity contribution in [3.63, 3.8) is 0 Å². The molecule has 1 aromatic heterocycles. The Kier molecular flexibility index (Phi) is 3.33. The summed E-state index contributed by atoms with van der Waals surface area (Å²) in [4.78, 5) is 4.29. The second-order valence-corrected chi connectivity index (χ2v) is 5.14. The van der Waals surface area contributed by atoms with Crippen LogP contribution in [0.4, 0.5) is 0 Å². The number of halogens is 1. The van der Waals surface area contributed by atoms with E-state index < -0.39 is 0 Å². The van der Waals surface area contributed by atoms with E-state index in [9.17, 15) is 0 Å². The molecule has 2 rings (SSSR count). The minimum Gasteiger partial charge on any atom is -0.337 e. The molecular weight excluding hydrogens is 248 g/mol. The zero-order chi connectivity index (χ0) is 9.10. The van der Waals surface area contributed by atoms with E-state index in [1.807, 2.05) is 6.33 Å². The van der Waals surface area contributed by atoms with Gasteiger partial charge in [0.25, 0.3) is 0 Å². The molecule has 13 heavy (non-hydrogen) atoms. The summed E-state index contributed by atoms with van der Waals surface area (Å²) in [6.07, 6.45) is 5.45. The molecule has 0 aliphatic carbocycles. The zero-order valence-electron chi connectivity index (χ0n) is 7.45. The van der Waals surface area contributed by atoms with Gasteiger partial charge in [-0.15, -0.1) is 0 Å². The highest BCUT2D eigenvalue weighted by molar-refractivity contribution is 9.08. The molecule has 4 heteroatoms. The summed E-state index contributed by atoms with van der Waals surface area (Å²) in [5.41, 5.74) is 1.13. The third kappa shape index (κ3) is 2.50. The number of hydrogen-bond donors (Lipinski definition) is 0. The van der Waals surface area contributed by atoms with Crippen LogP contribution in [-0.2, 0) is 11.9 Å². The van der Waals surface area contributed by atoms with E-state index in [2.05, 4.69) is 43.4 Å². The van der Waals surface area contributed by atoms with Crippen LogP contribution in [0.2, 0.25) is 0 Å². The van der Waals surface area contributed by atoms with Gasteiger partial charge in [0, 0.05) is 18.1 Å². The van der Waals surface area contributed by atoms with Gasteiger partial charge in [0.05, 0.1) is 12.0 Å². The molecular formula is C9H13BrN2S. The number of aromatic nitrogens is 2. The second-order valence-electron chi connectivity index (χ2n) is 3.43. The van der Waals surface area contributed by atoms with Crippen molar-refractivity contribution in [2.24, 2.45) is 5.92 Å². The van der Waals surface area contributed by atoms with Crippen LogP contribution < -0.4 is 0 Å². The Hall–Kier alpha value is 0.0400. The average Bonchev–Trinajstić information content (AvgIpc) is 2.76. The van der Waals surface area contributed by atoms with Crippen LogP contribution in [0.1, 0.15) is 12.1 Å². The quantitative estimate of drug-likeness (QED) is 0.778. The monoisotopic (exact) mass is 260 g/mol. The van der Waals surface area contributed by atoms with Gasteiger partial charge in [0.15, 0.2) is 0 Å². The van der Waals surface area contributed by atoms with Crippen LogP contribution in [0.25, 0.3) is 0 Å². The van der Waals surface area contributed by atoms with E-state index in [-0.39, 0.29) is 0 Å². The molecule has 2 nitrogen and oxygen atoms in total. The number of nitrogens with zero attached hydrogens (tertiary/aromatic N) is 2. The summed E-state index contributed by atoms with van der Waals surface area (Å²) in [7, 11) is 0. The molecule has 0 amide bonds. The largest absolute Gasteiger partial charge is 0.337 e. The molecule has 2 heterocycles. The van der Waals surface area contributed by atoms with Crippen molar-refractivity contribution in [3.05, 3.63) is 18.2 Å². The summed E-state index contributed by atoms with van der Waals surface area (Å²) in [5.74, 6) is 3.52. The third-order valence-corrected chi connectivity index (χ3v) is 4.12. The molecule has 1 fully saturated rings. The van der Waals surface area contributed by atoms with E-state index in [1.165, 1.54) is 17.9 Å². The van der Waals surface area contributed by atoms with Gasteiger partial charge in [-0.1, -0.05) is 15.9 Å². The van der Waals surface area contributed by atoms with E-state index in [0.29, 0.717) is 0 Å². The Morgan fingerprint density at radius 2 is 2.62 bits per heavy atom. The molecule has 0 bridgehead atoms. The molecule has 0 spiro atoms. The molecule has 0 N–H and O–H groups in total. The van der Waals surface area contributed by atoms with Gasteiger partial charge in [0.1, 0.15) is 0 Å². The number of rotatable bonds is 3. The molecule has 0 saturated carbocycles. The van der Waals surface area contributed by atoms with Gasteiger partial charge in [-0.05, 0) is 23.8 Å². The maximum atomic E-state index is 4.29. The molecule has 72 valence electrons. The molecule has 0 radical (unpaired) electrons. The number of thioether (sulfide) groups is 1. The van der Waals surface area contributed by atoms with E-state index in [4.69, 9.17) is 0 Å². The van der Waals surface area contributed by atoms with Gasteiger partial charge >= 0.3 is 0 Å². The number of imidazole rings is 1. The Morgan fingerprint density at radius 1 is 1.69 bits per heavy atom. The van der Waals surface area contributed by atoms with Gasteiger partial charge in [-0.3, -0.25) is 0 Å². The summed E-state index contributed by atoms with van der Waals surface area (Å²) in [6.45, 7) is 1.15. The Bertz CT molecular complexity index is 268. The van der Waals surface area contributed by atoms with Crippen LogP contribution in [-0.4, -0.2) is 21.1 Å². The molecule has 0 aromatic carbocycles. The lowest BCUT2D eigenvalue weighted by atomic mass is 10.1. The van der Waals surface area contributed by atoms with Crippen molar-refractivity contribution in [1.29, 1.82) is 0 Å². The lowest BCUT2D eigenvalue weighted by molar-refractivity contribution is 0.492. The SMILES string of the molecule is BrCc1cn(CC2CCSC2)cn1. The smallest absolute Gasteiger partial charge is 0.0949 e. The van der Waals surface area contributed by atoms with Crippen LogP contribution >= 0.6 is 27.7 Å². The normalized spacial score (nSPS) is 22.4. The first-order chi connectivity index (χ1) is 6.38. The molecule has 1 aliphatic rings. The van der Waals surface area contributed by atoms with E-state index in [0.717, 1.165) is 23.5 Å². The highest BCUT2D eigenvalue weighted by Gasteiger charge is 2.15. The fourth-order valence-corrected chi connectivity index (χ4v) is 3.16. The fourth-order valence-electron chi connectivity index (χ4n) is 1.60. The molecule has 1 unspecified atom stereocenters. The summed E-state index contributed by atoms with van der Waals surface area (Å²) < 4.78 is 2.22. The Labute approximate surface area is 91.2 Å². The van der Waals surface area contributed by atoms with Crippen LogP contribution in [0.3, 0.4) is 0 Å². The molecule has 1 aromatic rings. The van der Waals surface area contributed by atoms with Crippen LogP contribution in [0.15, 0.2) is 12.5 Å². The maximum Gasteiger partial charge on any atom is 0.0949 e. The lowest BCUT2D eigenvalue weighted by Crippen LogP contribution is -2.07. The predicted octanol–water partition coefficient (Wildman–Crippen LogP) is 2.53. The highest BCUT2D eigenvalue weighted by Crippen LogP contribution is 2.24. The van der Waals surface area contributed by atoms with E-state index >= 15 is 0 Å². The standard InChI is InChI=1S/C9H13BrN2S/c10-3-9-5-12(7-11-9)4-8-1-2-13-6-8/h5,7-8H,1-4,6H2. The van der Waals surface area contributed by atoms with Gasteiger partial charge in [-0.25, -0.2) is 4.98 Å². The topological polar surface area (TPSA) is 17.8 Å². The van der Waals surface area contributed by atoms with Gasteiger partial charge in [-0.2, -0.15) is 11.8 Å². The molecule has 1 aliphatic heterocycles. The Morgan fingerprint density at radius 3 is 3.23 bits per heavy atom. The zero-order valence-corrected chi connectivity index (χ0v) is 9.85. The van der Waals surface area contributed by atoms with Crippen molar-refractivity contribution in [2.45, 2.75) is 18.3 Å². The minimum absolute atomic E-state index is 0.861. The predicted molar refractivity (Wildman–Crippen MR) is 60.3 cm³/mol. The lowest BCUT2D eigenvalue weighted by Gasteiger charge is -2.07. The van der Waals surface area contributed by atoms with Gasteiger partial charge < -0.3 is 4.57 Å². The molecule has 1 saturated heterocycles.